The summed E-state index contributed by atoms with van der Waals surface area (Å²) in [5.74, 6) is 0.659. The Morgan fingerprint density at radius 2 is 2.53 bits per heavy atom. The van der Waals surface area contributed by atoms with Gasteiger partial charge in [0, 0.05) is 45.0 Å². The summed E-state index contributed by atoms with van der Waals surface area (Å²) in [7, 11) is 3.28. The van der Waals surface area contributed by atoms with E-state index in [4.69, 9.17) is 4.74 Å². The number of likely N-dealkylation sites (N-methyl/N-ethyl adjacent to an activating group) is 1. The number of piperazine rings is 1. The molecule has 1 fully saturated rings. The second kappa shape index (κ2) is 6.49. The van der Waals surface area contributed by atoms with Crippen molar-refractivity contribution in [3.05, 3.63) is 23.9 Å². The van der Waals surface area contributed by atoms with E-state index in [0.29, 0.717) is 19.0 Å². The van der Waals surface area contributed by atoms with Crippen molar-refractivity contribution in [2.24, 2.45) is 0 Å². The van der Waals surface area contributed by atoms with Gasteiger partial charge in [0.05, 0.1) is 7.11 Å². The van der Waals surface area contributed by atoms with E-state index in [1.54, 1.807) is 20.4 Å². The normalized spacial score (nSPS) is 20.0. The van der Waals surface area contributed by atoms with Crippen molar-refractivity contribution < 1.29 is 9.53 Å². The zero-order valence-electron chi connectivity index (χ0n) is 11.3. The molecule has 0 aliphatic carbocycles. The van der Waals surface area contributed by atoms with E-state index in [-0.39, 0.29) is 11.9 Å². The molecule has 6 heteroatoms. The molecular formula is C13H20N4O2. The van der Waals surface area contributed by atoms with Crippen LogP contribution in [0.15, 0.2) is 18.3 Å². The average molecular weight is 264 g/mol. The summed E-state index contributed by atoms with van der Waals surface area (Å²) < 4.78 is 5.25. The number of nitrogens with zero attached hydrogens (tertiary/aromatic N) is 2. The highest BCUT2D eigenvalue weighted by Gasteiger charge is 2.28. The molecule has 2 N–H and O–H groups in total. The minimum absolute atomic E-state index is 0.0371. The number of rotatable bonds is 4. The first-order chi connectivity index (χ1) is 9.26. The van der Waals surface area contributed by atoms with Crippen LogP contribution in [0.4, 0.5) is 0 Å². The lowest BCUT2D eigenvalue weighted by atomic mass is 10.1. The fourth-order valence-electron chi connectivity index (χ4n) is 2.31. The predicted octanol–water partition coefficient (Wildman–Crippen LogP) is -0.390. The number of hydrogen-bond donors (Lipinski definition) is 2. The zero-order valence-corrected chi connectivity index (χ0v) is 11.3. The Morgan fingerprint density at radius 1 is 1.68 bits per heavy atom. The Morgan fingerprint density at radius 3 is 3.26 bits per heavy atom. The van der Waals surface area contributed by atoms with Gasteiger partial charge in [0.2, 0.25) is 11.8 Å². The highest BCUT2D eigenvalue weighted by molar-refractivity contribution is 5.81. The molecule has 1 aliphatic heterocycles. The summed E-state index contributed by atoms with van der Waals surface area (Å²) in [5, 5.41) is 5.96. The fraction of sp³-hybridized carbons (Fsp3) is 0.538. The van der Waals surface area contributed by atoms with Gasteiger partial charge in [-0.3, -0.25) is 9.69 Å². The first-order valence-electron chi connectivity index (χ1n) is 6.40. The number of nitrogens with one attached hydrogen (secondary N) is 2. The topological polar surface area (TPSA) is 66.5 Å². The van der Waals surface area contributed by atoms with Crippen LogP contribution in [0.5, 0.6) is 5.88 Å². The largest absolute Gasteiger partial charge is 0.481 e. The van der Waals surface area contributed by atoms with E-state index in [9.17, 15) is 4.79 Å². The number of aromatic nitrogens is 1. The minimum Gasteiger partial charge on any atom is -0.481 e. The molecule has 1 aromatic rings. The molecule has 1 aliphatic rings. The highest BCUT2D eigenvalue weighted by Crippen LogP contribution is 2.18. The summed E-state index contributed by atoms with van der Waals surface area (Å²) in [6.45, 7) is 3.05. The van der Waals surface area contributed by atoms with Crippen LogP contribution in [0.1, 0.15) is 5.56 Å². The van der Waals surface area contributed by atoms with Crippen LogP contribution in [-0.4, -0.2) is 55.6 Å². The van der Waals surface area contributed by atoms with Crippen molar-refractivity contribution in [1.82, 2.24) is 20.5 Å². The van der Waals surface area contributed by atoms with E-state index < -0.39 is 0 Å². The van der Waals surface area contributed by atoms with Crippen molar-refractivity contribution in [2.75, 3.05) is 33.8 Å². The lowest BCUT2D eigenvalue weighted by molar-refractivity contribution is -0.126. The molecule has 104 valence electrons. The van der Waals surface area contributed by atoms with Crippen LogP contribution in [-0.2, 0) is 11.3 Å². The summed E-state index contributed by atoms with van der Waals surface area (Å²) >= 11 is 0. The third-order valence-corrected chi connectivity index (χ3v) is 3.32. The second-order valence-electron chi connectivity index (χ2n) is 4.48. The molecule has 0 radical (unpaired) electrons. The molecule has 1 amide bonds. The Bertz CT molecular complexity index is 438. The van der Waals surface area contributed by atoms with E-state index in [1.807, 2.05) is 12.1 Å². The Labute approximate surface area is 113 Å². The number of carbonyl (C=O) groups is 1. The van der Waals surface area contributed by atoms with Crippen LogP contribution < -0.4 is 15.4 Å². The Balaban J connectivity index is 2.13. The van der Waals surface area contributed by atoms with Crippen LogP contribution in [0.3, 0.4) is 0 Å². The predicted molar refractivity (Wildman–Crippen MR) is 71.9 cm³/mol. The molecule has 0 bridgehead atoms. The number of hydrogen-bond acceptors (Lipinski definition) is 5. The third-order valence-electron chi connectivity index (χ3n) is 3.32. The lowest BCUT2D eigenvalue weighted by Gasteiger charge is -2.34. The first-order valence-corrected chi connectivity index (χ1v) is 6.40. The zero-order chi connectivity index (χ0) is 13.7. The highest BCUT2D eigenvalue weighted by atomic mass is 16.5. The molecule has 1 aromatic heterocycles. The molecule has 1 unspecified atom stereocenters. The van der Waals surface area contributed by atoms with Gasteiger partial charge >= 0.3 is 0 Å². The molecule has 0 spiro atoms. The molecule has 1 saturated heterocycles. The van der Waals surface area contributed by atoms with Gasteiger partial charge < -0.3 is 15.4 Å². The molecule has 1 atom stereocenters. The SMILES string of the molecule is CNC(=O)C1CNCCN1Cc1cccnc1OC. The van der Waals surface area contributed by atoms with Crippen LogP contribution in [0, 0.1) is 0 Å². The van der Waals surface area contributed by atoms with Gasteiger partial charge in [0.25, 0.3) is 0 Å². The molecule has 0 saturated carbocycles. The molecule has 6 nitrogen and oxygen atoms in total. The van der Waals surface area contributed by atoms with E-state index >= 15 is 0 Å². The monoisotopic (exact) mass is 264 g/mol. The van der Waals surface area contributed by atoms with Crippen molar-refractivity contribution in [3.63, 3.8) is 0 Å². The molecular weight excluding hydrogens is 244 g/mol. The maximum absolute atomic E-state index is 11.9. The maximum atomic E-state index is 11.9. The molecule has 2 heterocycles. The fourth-order valence-corrected chi connectivity index (χ4v) is 2.31. The minimum atomic E-state index is -0.149. The number of amides is 1. The van der Waals surface area contributed by atoms with Gasteiger partial charge in [0.15, 0.2) is 0 Å². The Hall–Kier alpha value is -1.66. The van der Waals surface area contributed by atoms with Crippen molar-refractivity contribution in [1.29, 1.82) is 0 Å². The van der Waals surface area contributed by atoms with Gasteiger partial charge in [-0.25, -0.2) is 4.98 Å². The summed E-state index contributed by atoms with van der Waals surface area (Å²) in [6, 6.07) is 3.72. The average Bonchev–Trinajstić information content (AvgIpc) is 2.47. The first kappa shape index (κ1) is 13.8. The summed E-state index contributed by atoms with van der Waals surface area (Å²) in [4.78, 5) is 18.2. The molecule has 0 aromatic carbocycles. The third kappa shape index (κ3) is 3.21. The quantitative estimate of drug-likeness (QED) is 0.775. The smallest absolute Gasteiger partial charge is 0.238 e. The van der Waals surface area contributed by atoms with Gasteiger partial charge in [-0.15, -0.1) is 0 Å². The van der Waals surface area contributed by atoms with Crippen LogP contribution in [0.25, 0.3) is 0 Å². The van der Waals surface area contributed by atoms with E-state index in [0.717, 1.165) is 18.7 Å². The number of pyridine rings is 1. The van der Waals surface area contributed by atoms with Crippen molar-refractivity contribution in [2.45, 2.75) is 12.6 Å². The summed E-state index contributed by atoms with van der Waals surface area (Å²) in [5.41, 5.74) is 1.00. The number of methoxy groups -OCH3 is 1. The van der Waals surface area contributed by atoms with Gasteiger partial charge in [-0.2, -0.15) is 0 Å². The van der Waals surface area contributed by atoms with Crippen molar-refractivity contribution in [3.8, 4) is 5.88 Å². The molecule has 2 rings (SSSR count). The Kier molecular flexibility index (Phi) is 4.70. The number of carbonyl (C=O) groups excluding carboxylic acids is 1. The van der Waals surface area contributed by atoms with Gasteiger partial charge in [-0.1, -0.05) is 6.07 Å². The molecule has 19 heavy (non-hydrogen) atoms. The van der Waals surface area contributed by atoms with E-state index in [2.05, 4.69) is 20.5 Å². The van der Waals surface area contributed by atoms with Crippen LogP contribution >= 0.6 is 0 Å². The van der Waals surface area contributed by atoms with E-state index in [1.165, 1.54) is 0 Å². The van der Waals surface area contributed by atoms with Crippen molar-refractivity contribution >= 4 is 5.91 Å². The summed E-state index contributed by atoms with van der Waals surface area (Å²) in [6.07, 6.45) is 1.70. The van der Waals surface area contributed by atoms with Gasteiger partial charge in [0.1, 0.15) is 6.04 Å². The lowest BCUT2D eigenvalue weighted by Crippen LogP contribution is -2.56. The standard InChI is InChI=1S/C13H20N4O2/c1-14-12(18)11-8-15-6-7-17(11)9-10-4-3-5-16-13(10)19-2/h3-5,11,15H,6-9H2,1-2H3,(H,14,18). The van der Waals surface area contributed by atoms with Gasteiger partial charge in [-0.05, 0) is 6.07 Å². The number of ether oxygens (including phenoxy) is 1. The van der Waals surface area contributed by atoms with Crippen LogP contribution in [0.2, 0.25) is 0 Å². The maximum Gasteiger partial charge on any atom is 0.238 e. The second-order valence-corrected chi connectivity index (χ2v) is 4.48.